The van der Waals surface area contributed by atoms with Crippen LogP contribution in [0, 0.1) is 0 Å². The first-order valence-corrected chi connectivity index (χ1v) is 5.35. The van der Waals surface area contributed by atoms with Gasteiger partial charge >= 0.3 is 0 Å². The van der Waals surface area contributed by atoms with E-state index in [1.54, 1.807) is 0 Å². The van der Waals surface area contributed by atoms with Crippen LogP contribution in [0.5, 0.6) is 0 Å². The molecule has 0 amide bonds. The lowest BCUT2D eigenvalue weighted by Gasteiger charge is -2.23. The van der Waals surface area contributed by atoms with E-state index in [4.69, 9.17) is 4.84 Å². The monoisotopic (exact) mass is 204 g/mol. The Hall–Kier alpha value is -1.51. The fourth-order valence-electron chi connectivity index (χ4n) is 1.78. The molecule has 0 bridgehead atoms. The minimum atomic E-state index is -0.0360. The van der Waals surface area contributed by atoms with Gasteiger partial charge in [-0.2, -0.15) is 0 Å². The summed E-state index contributed by atoms with van der Waals surface area (Å²) < 4.78 is 0. The van der Waals surface area contributed by atoms with Crippen molar-refractivity contribution in [3.05, 3.63) is 35.9 Å². The molecule has 15 heavy (non-hydrogen) atoms. The molecule has 0 saturated heterocycles. The minimum absolute atomic E-state index is 0.0360. The fraction of sp³-hybridized carbons (Fsp3) is 0.417. The number of hydrogen-bond acceptors (Lipinski definition) is 3. The molecule has 0 aromatic heterocycles. The number of hydrogen-bond donors (Lipinski definition) is 0. The number of rotatable bonds is 3. The minimum Gasteiger partial charge on any atom is -0.364 e. The maximum Gasteiger partial charge on any atom is 0.227 e. The van der Waals surface area contributed by atoms with E-state index >= 15 is 0 Å². The van der Waals surface area contributed by atoms with Crippen molar-refractivity contribution in [2.75, 3.05) is 6.54 Å². The number of amidine groups is 1. The Morgan fingerprint density at radius 1 is 1.33 bits per heavy atom. The molecule has 1 atom stereocenters. The van der Waals surface area contributed by atoms with Gasteiger partial charge in [-0.15, -0.1) is 0 Å². The van der Waals surface area contributed by atoms with Crippen LogP contribution in [-0.2, 0) is 4.84 Å². The van der Waals surface area contributed by atoms with E-state index in [9.17, 15) is 0 Å². The van der Waals surface area contributed by atoms with Gasteiger partial charge in [0.2, 0.25) is 6.23 Å². The molecule has 0 radical (unpaired) electrons. The third-order valence-electron chi connectivity index (χ3n) is 2.53. The molecule has 1 aliphatic heterocycles. The van der Waals surface area contributed by atoms with Gasteiger partial charge in [-0.25, -0.2) is 0 Å². The van der Waals surface area contributed by atoms with Gasteiger partial charge in [0.25, 0.3) is 0 Å². The number of benzene rings is 1. The van der Waals surface area contributed by atoms with E-state index in [1.807, 2.05) is 25.1 Å². The fourth-order valence-corrected chi connectivity index (χ4v) is 1.78. The first-order chi connectivity index (χ1) is 7.33. The quantitative estimate of drug-likeness (QED) is 0.756. The predicted molar refractivity (Wildman–Crippen MR) is 60.4 cm³/mol. The third-order valence-corrected chi connectivity index (χ3v) is 2.53. The second-order valence-electron chi connectivity index (χ2n) is 3.70. The summed E-state index contributed by atoms with van der Waals surface area (Å²) in [4.78, 5) is 7.62. The van der Waals surface area contributed by atoms with Crippen molar-refractivity contribution in [2.45, 2.75) is 26.5 Å². The molecule has 1 aliphatic rings. The molecule has 3 heteroatoms. The van der Waals surface area contributed by atoms with Crippen molar-refractivity contribution >= 4 is 5.84 Å². The van der Waals surface area contributed by atoms with Crippen LogP contribution in [0.1, 0.15) is 32.1 Å². The average molecular weight is 204 g/mol. The van der Waals surface area contributed by atoms with Crippen molar-refractivity contribution < 1.29 is 4.84 Å². The molecule has 0 spiro atoms. The molecule has 1 heterocycles. The van der Waals surface area contributed by atoms with Gasteiger partial charge in [0, 0.05) is 12.1 Å². The molecule has 2 rings (SSSR count). The van der Waals surface area contributed by atoms with E-state index in [0.29, 0.717) is 0 Å². The Morgan fingerprint density at radius 3 is 2.73 bits per heavy atom. The Morgan fingerprint density at radius 2 is 2.07 bits per heavy atom. The lowest BCUT2D eigenvalue weighted by molar-refractivity contribution is 0.00897. The number of nitrogens with zero attached hydrogens (tertiary/aromatic N) is 2. The Bertz CT molecular complexity index is 348. The lowest BCUT2D eigenvalue weighted by Crippen LogP contribution is -2.29. The molecule has 0 N–H and O–H groups in total. The molecule has 0 aliphatic carbocycles. The zero-order valence-corrected chi connectivity index (χ0v) is 9.18. The summed E-state index contributed by atoms with van der Waals surface area (Å²) in [5.41, 5.74) is 1.16. The van der Waals surface area contributed by atoms with Gasteiger partial charge in [0.15, 0.2) is 0 Å². The molecule has 3 nitrogen and oxygen atoms in total. The highest BCUT2D eigenvalue weighted by Crippen LogP contribution is 2.27. The lowest BCUT2D eigenvalue weighted by atomic mass is 10.2. The van der Waals surface area contributed by atoms with Gasteiger partial charge < -0.3 is 9.74 Å². The largest absolute Gasteiger partial charge is 0.364 e. The zero-order valence-electron chi connectivity index (χ0n) is 9.18. The van der Waals surface area contributed by atoms with Crippen LogP contribution in [0.25, 0.3) is 0 Å². The summed E-state index contributed by atoms with van der Waals surface area (Å²) in [6, 6.07) is 10.2. The first-order valence-electron chi connectivity index (χ1n) is 5.35. The van der Waals surface area contributed by atoms with E-state index in [-0.39, 0.29) is 6.23 Å². The van der Waals surface area contributed by atoms with Gasteiger partial charge in [-0.3, -0.25) is 0 Å². The van der Waals surface area contributed by atoms with Crippen molar-refractivity contribution in [3.8, 4) is 0 Å². The summed E-state index contributed by atoms with van der Waals surface area (Å²) in [5, 5.41) is 4.04. The molecular formula is C12H16N2O. The average Bonchev–Trinajstić information content (AvgIpc) is 2.63. The van der Waals surface area contributed by atoms with Crippen LogP contribution < -0.4 is 0 Å². The van der Waals surface area contributed by atoms with Crippen molar-refractivity contribution in [1.29, 1.82) is 0 Å². The van der Waals surface area contributed by atoms with Crippen LogP contribution in [0.3, 0.4) is 0 Å². The highest BCUT2D eigenvalue weighted by molar-refractivity contribution is 5.80. The maximum atomic E-state index is 5.43. The molecule has 1 aromatic rings. The van der Waals surface area contributed by atoms with Gasteiger partial charge in [-0.1, -0.05) is 42.4 Å². The Labute approximate surface area is 90.3 Å². The standard InChI is InChI=1S/C12H16N2O/c1-3-9-14-10(2)13-15-12(14)11-7-5-4-6-8-11/h4-8,12H,3,9H2,1-2H3. The summed E-state index contributed by atoms with van der Waals surface area (Å²) in [5.74, 6) is 0.964. The molecule has 80 valence electrons. The summed E-state index contributed by atoms with van der Waals surface area (Å²) >= 11 is 0. The van der Waals surface area contributed by atoms with Crippen LogP contribution in [-0.4, -0.2) is 17.3 Å². The maximum absolute atomic E-state index is 5.43. The van der Waals surface area contributed by atoms with E-state index < -0.39 is 0 Å². The molecule has 0 saturated carbocycles. The van der Waals surface area contributed by atoms with E-state index in [0.717, 1.165) is 24.4 Å². The van der Waals surface area contributed by atoms with Crippen molar-refractivity contribution in [1.82, 2.24) is 4.90 Å². The molecule has 1 unspecified atom stereocenters. The second-order valence-corrected chi connectivity index (χ2v) is 3.70. The summed E-state index contributed by atoms with van der Waals surface area (Å²) in [6.07, 6.45) is 1.06. The smallest absolute Gasteiger partial charge is 0.227 e. The summed E-state index contributed by atoms with van der Waals surface area (Å²) in [7, 11) is 0. The SMILES string of the molecule is CCCN1C(C)=NOC1c1ccccc1. The van der Waals surface area contributed by atoms with Crippen LogP contribution in [0.2, 0.25) is 0 Å². The highest BCUT2D eigenvalue weighted by atomic mass is 16.7. The Balaban J connectivity index is 2.17. The van der Waals surface area contributed by atoms with Gasteiger partial charge in [-0.05, 0) is 13.3 Å². The van der Waals surface area contributed by atoms with Gasteiger partial charge in [0.1, 0.15) is 5.84 Å². The van der Waals surface area contributed by atoms with E-state index in [1.165, 1.54) is 0 Å². The Kier molecular flexibility index (Phi) is 2.90. The molecular weight excluding hydrogens is 188 g/mol. The van der Waals surface area contributed by atoms with Crippen molar-refractivity contribution in [3.63, 3.8) is 0 Å². The zero-order chi connectivity index (χ0) is 10.7. The number of oxime groups is 1. The first kappa shape index (κ1) is 10.0. The van der Waals surface area contributed by atoms with Crippen LogP contribution in [0.15, 0.2) is 35.5 Å². The van der Waals surface area contributed by atoms with Gasteiger partial charge in [0.05, 0.1) is 0 Å². The third kappa shape index (κ3) is 1.96. The second kappa shape index (κ2) is 4.34. The summed E-state index contributed by atoms with van der Waals surface area (Å²) in [6.45, 7) is 5.13. The molecule has 0 fully saturated rings. The highest BCUT2D eigenvalue weighted by Gasteiger charge is 2.27. The van der Waals surface area contributed by atoms with E-state index in [2.05, 4.69) is 29.1 Å². The van der Waals surface area contributed by atoms with Crippen molar-refractivity contribution in [2.24, 2.45) is 5.16 Å². The van der Waals surface area contributed by atoms with Crippen LogP contribution >= 0.6 is 0 Å². The predicted octanol–water partition coefficient (Wildman–Crippen LogP) is 2.76. The molecule has 1 aromatic carbocycles. The topological polar surface area (TPSA) is 24.8 Å². The normalized spacial score (nSPS) is 20.0. The van der Waals surface area contributed by atoms with Crippen LogP contribution in [0.4, 0.5) is 0 Å².